The number of ether oxygens (including phenoxy) is 1. The van der Waals surface area contributed by atoms with Crippen LogP contribution < -0.4 is 15.2 Å². The van der Waals surface area contributed by atoms with Crippen LogP contribution in [0, 0.1) is 11.6 Å². The molecule has 0 saturated carbocycles. The molecule has 0 aliphatic carbocycles. The maximum atomic E-state index is 13.6. The molecule has 0 radical (unpaired) electrons. The van der Waals surface area contributed by atoms with Gasteiger partial charge in [0.1, 0.15) is 10.6 Å². The molecule has 0 bridgehead atoms. The standard InChI is InChI=1S/C13H12F2N2O3S/c1-20-10-4-2-9(3-5-10)17-21(18,19)12-7-8(16)6-11(14)13(12)15/h2-7,17H,16H2,1H3. The fourth-order valence-electron chi connectivity index (χ4n) is 1.65. The van der Waals surface area contributed by atoms with Crippen molar-refractivity contribution < 1.29 is 21.9 Å². The molecule has 3 N–H and O–H groups in total. The smallest absolute Gasteiger partial charge is 0.265 e. The molecule has 0 saturated heterocycles. The van der Waals surface area contributed by atoms with Crippen LogP contribution in [0.25, 0.3) is 0 Å². The van der Waals surface area contributed by atoms with Crippen LogP contribution in [0.15, 0.2) is 41.3 Å². The molecule has 0 amide bonds. The van der Waals surface area contributed by atoms with Gasteiger partial charge in [0.05, 0.1) is 7.11 Å². The van der Waals surface area contributed by atoms with Crippen LogP contribution in [0.5, 0.6) is 5.75 Å². The van der Waals surface area contributed by atoms with Crippen LogP contribution in [0.4, 0.5) is 20.2 Å². The molecule has 0 aromatic heterocycles. The van der Waals surface area contributed by atoms with Crippen LogP contribution in [0.1, 0.15) is 0 Å². The number of nitrogens with two attached hydrogens (primary N) is 1. The number of halogens is 2. The lowest BCUT2D eigenvalue weighted by atomic mass is 10.3. The molecule has 2 rings (SSSR count). The molecule has 2 aromatic rings. The molecule has 21 heavy (non-hydrogen) atoms. The van der Waals surface area contributed by atoms with E-state index in [0.29, 0.717) is 11.8 Å². The molecule has 8 heteroatoms. The van der Waals surface area contributed by atoms with Gasteiger partial charge in [-0.25, -0.2) is 17.2 Å². The highest BCUT2D eigenvalue weighted by Crippen LogP contribution is 2.24. The SMILES string of the molecule is COc1ccc(NS(=O)(=O)c2cc(N)cc(F)c2F)cc1. The molecule has 0 atom stereocenters. The zero-order valence-electron chi connectivity index (χ0n) is 10.9. The first-order chi connectivity index (χ1) is 9.83. The average Bonchev–Trinajstić information content (AvgIpc) is 2.43. The van der Waals surface area contributed by atoms with Crippen LogP contribution in [-0.2, 0) is 10.0 Å². The van der Waals surface area contributed by atoms with Crippen LogP contribution in [0.2, 0.25) is 0 Å². The topological polar surface area (TPSA) is 81.4 Å². The number of anilines is 2. The number of hydrogen-bond donors (Lipinski definition) is 2. The van der Waals surface area contributed by atoms with Gasteiger partial charge in [0.2, 0.25) is 0 Å². The van der Waals surface area contributed by atoms with Crippen LogP contribution >= 0.6 is 0 Å². The Hall–Kier alpha value is -2.35. The van der Waals surface area contributed by atoms with E-state index in [9.17, 15) is 17.2 Å². The number of sulfonamides is 1. The molecular formula is C13H12F2N2O3S. The molecule has 0 spiro atoms. The predicted octanol–water partition coefficient (Wildman–Crippen LogP) is 2.36. The third-order valence-electron chi connectivity index (χ3n) is 2.65. The zero-order valence-corrected chi connectivity index (χ0v) is 11.7. The second kappa shape index (κ2) is 5.57. The third kappa shape index (κ3) is 3.22. The van der Waals surface area contributed by atoms with Crippen molar-refractivity contribution in [1.82, 2.24) is 0 Å². The fourth-order valence-corrected chi connectivity index (χ4v) is 2.83. The van der Waals surface area contributed by atoms with Gasteiger partial charge in [-0.05, 0) is 36.4 Å². The molecule has 112 valence electrons. The van der Waals surface area contributed by atoms with E-state index in [1.165, 1.54) is 31.4 Å². The number of benzene rings is 2. The van der Waals surface area contributed by atoms with Crippen molar-refractivity contribution in [3.63, 3.8) is 0 Å². The Kier molecular flexibility index (Phi) is 3.99. The minimum Gasteiger partial charge on any atom is -0.497 e. The minimum absolute atomic E-state index is 0.179. The fraction of sp³-hybridized carbons (Fsp3) is 0.0769. The van der Waals surface area contributed by atoms with E-state index in [2.05, 4.69) is 4.72 Å². The largest absolute Gasteiger partial charge is 0.497 e. The average molecular weight is 314 g/mol. The van der Waals surface area contributed by atoms with Crippen molar-refractivity contribution in [2.45, 2.75) is 4.90 Å². The number of rotatable bonds is 4. The van der Waals surface area contributed by atoms with Crippen LogP contribution in [0.3, 0.4) is 0 Å². The normalized spacial score (nSPS) is 11.2. The van der Waals surface area contributed by atoms with E-state index >= 15 is 0 Å². The second-order valence-corrected chi connectivity index (χ2v) is 5.80. The summed E-state index contributed by atoms with van der Waals surface area (Å²) in [6, 6.07) is 7.46. The number of methoxy groups -OCH3 is 1. The lowest BCUT2D eigenvalue weighted by Crippen LogP contribution is -2.15. The first kappa shape index (κ1) is 15.0. The van der Waals surface area contributed by atoms with Gasteiger partial charge in [0.25, 0.3) is 10.0 Å². The van der Waals surface area contributed by atoms with Gasteiger partial charge in [-0.1, -0.05) is 0 Å². The monoisotopic (exact) mass is 314 g/mol. The van der Waals surface area contributed by atoms with E-state index < -0.39 is 26.6 Å². The van der Waals surface area contributed by atoms with Crippen molar-refractivity contribution in [3.05, 3.63) is 48.0 Å². The van der Waals surface area contributed by atoms with Gasteiger partial charge in [0.15, 0.2) is 11.6 Å². The molecule has 0 aliphatic heterocycles. The van der Waals surface area contributed by atoms with E-state index in [1.807, 2.05) is 0 Å². The maximum Gasteiger partial charge on any atom is 0.265 e. The second-order valence-electron chi connectivity index (χ2n) is 4.15. The number of nitrogens with one attached hydrogen (secondary N) is 1. The van der Waals surface area contributed by atoms with Crippen molar-refractivity contribution in [2.75, 3.05) is 17.6 Å². The lowest BCUT2D eigenvalue weighted by molar-refractivity contribution is 0.415. The van der Waals surface area contributed by atoms with Crippen molar-refractivity contribution in [1.29, 1.82) is 0 Å². The summed E-state index contributed by atoms with van der Waals surface area (Å²) >= 11 is 0. The summed E-state index contributed by atoms with van der Waals surface area (Å²) < 4.78 is 58.1. The van der Waals surface area contributed by atoms with E-state index in [4.69, 9.17) is 10.5 Å². The molecule has 0 unspecified atom stereocenters. The van der Waals surface area contributed by atoms with Gasteiger partial charge in [-0.2, -0.15) is 0 Å². The summed E-state index contributed by atoms with van der Waals surface area (Å²) in [6.07, 6.45) is 0. The summed E-state index contributed by atoms with van der Waals surface area (Å²) in [5.41, 5.74) is 5.33. The highest BCUT2D eigenvalue weighted by molar-refractivity contribution is 7.92. The molecule has 5 nitrogen and oxygen atoms in total. The Morgan fingerprint density at radius 2 is 1.76 bits per heavy atom. The summed E-state index contributed by atoms with van der Waals surface area (Å²) in [5, 5.41) is 0. The van der Waals surface area contributed by atoms with E-state index in [-0.39, 0.29) is 11.4 Å². The van der Waals surface area contributed by atoms with Gasteiger partial charge >= 0.3 is 0 Å². The number of hydrogen-bond acceptors (Lipinski definition) is 4. The Morgan fingerprint density at radius 3 is 2.33 bits per heavy atom. The summed E-state index contributed by atoms with van der Waals surface area (Å²) in [4.78, 5) is -0.851. The Balaban J connectivity index is 2.38. The Bertz CT molecular complexity index is 762. The summed E-state index contributed by atoms with van der Waals surface area (Å²) in [5.74, 6) is -2.28. The van der Waals surface area contributed by atoms with Crippen LogP contribution in [-0.4, -0.2) is 15.5 Å². The lowest BCUT2D eigenvalue weighted by Gasteiger charge is -2.10. The molecule has 0 aliphatic rings. The van der Waals surface area contributed by atoms with Gasteiger partial charge in [0, 0.05) is 11.4 Å². The van der Waals surface area contributed by atoms with Gasteiger partial charge in [-0.3, -0.25) is 4.72 Å². The zero-order chi connectivity index (χ0) is 15.6. The van der Waals surface area contributed by atoms with Crippen molar-refractivity contribution in [2.24, 2.45) is 0 Å². The highest BCUT2D eigenvalue weighted by Gasteiger charge is 2.22. The molecule has 0 heterocycles. The van der Waals surface area contributed by atoms with Crippen molar-refractivity contribution in [3.8, 4) is 5.75 Å². The molecule has 2 aromatic carbocycles. The van der Waals surface area contributed by atoms with Gasteiger partial charge in [-0.15, -0.1) is 0 Å². The van der Waals surface area contributed by atoms with E-state index in [0.717, 1.165) is 6.07 Å². The predicted molar refractivity (Wildman–Crippen MR) is 74.6 cm³/mol. The minimum atomic E-state index is -4.29. The first-order valence-corrected chi connectivity index (χ1v) is 7.23. The van der Waals surface area contributed by atoms with Gasteiger partial charge < -0.3 is 10.5 Å². The first-order valence-electron chi connectivity index (χ1n) is 5.75. The Morgan fingerprint density at radius 1 is 1.14 bits per heavy atom. The Labute approximate surface area is 120 Å². The molecular weight excluding hydrogens is 302 g/mol. The quantitative estimate of drug-likeness (QED) is 0.849. The number of nitrogen functional groups attached to an aromatic ring is 1. The summed E-state index contributed by atoms with van der Waals surface area (Å²) in [6.45, 7) is 0. The van der Waals surface area contributed by atoms with Crippen molar-refractivity contribution >= 4 is 21.4 Å². The third-order valence-corrected chi connectivity index (χ3v) is 4.03. The highest BCUT2D eigenvalue weighted by atomic mass is 32.2. The molecule has 0 fully saturated rings. The summed E-state index contributed by atoms with van der Waals surface area (Å²) in [7, 11) is -2.83. The van der Waals surface area contributed by atoms with E-state index in [1.54, 1.807) is 0 Å². The maximum absolute atomic E-state index is 13.6.